The van der Waals surface area contributed by atoms with E-state index in [0.717, 1.165) is 5.56 Å². The Morgan fingerprint density at radius 2 is 1.82 bits per heavy atom. The normalized spacial score (nSPS) is 10.6. The summed E-state index contributed by atoms with van der Waals surface area (Å²) in [5.74, 6) is -0.341. The number of aryl methyl sites for hydroxylation is 1. The molecule has 0 aliphatic rings. The van der Waals surface area contributed by atoms with Gasteiger partial charge in [0, 0.05) is 18.3 Å². The lowest BCUT2D eigenvalue weighted by Crippen LogP contribution is -2.35. The Morgan fingerprint density at radius 3 is 2.50 bits per heavy atom. The van der Waals surface area contributed by atoms with E-state index in [-0.39, 0.29) is 18.4 Å². The van der Waals surface area contributed by atoms with Gasteiger partial charge in [0.1, 0.15) is 17.0 Å². The molecule has 3 rings (SSSR count). The van der Waals surface area contributed by atoms with E-state index in [0.29, 0.717) is 32.8 Å². The summed E-state index contributed by atoms with van der Waals surface area (Å²) in [5.41, 5.74) is 2.03. The highest BCUT2D eigenvalue weighted by molar-refractivity contribution is 6.42. The molecule has 2 amide bonds. The second-order valence-corrected chi connectivity index (χ2v) is 6.98. The average Bonchev–Trinajstić information content (AvgIpc) is 3.06. The quantitative estimate of drug-likeness (QED) is 0.654. The molecule has 3 aromatic rings. The van der Waals surface area contributed by atoms with E-state index in [9.17, 15) is 9.59 Å². The first-order chi connectivity index (χ1) is 13.4. The minimum atomic E-state index is -0.371. The summed E-state index contributed by atoms with van der Waals surface area (Å²) < 4.78 is 5.22. The van der Waals surface area contributed by atoms with Gasteiger partial charge in [-0.2, -0.15) is 0 Å². The van der Waals surface area contributed by atoms with Crippen LogP contribution in [0.5, 0.6) is 0 Å². The Morgan fingerprint density at radius 1 is 1.11 bits per heavy atom. The van der Waals surface area contributed by atoms with Crippen LogP contribution < -0.4 is 5.32 Å². The van der Waals surface area contributed by atoms with Gasteiger partial charge in [0.2, 0.25) is 5.91 Å². The summed E-state index contributed by atoms with van der Waals surface area (Å²) in [7, 11) is 1.54. The molecule has 0 bridgehead atoms. The molecule has 8 heteroatoms. The van der Waals surface area contributed by atoms with E-state index < -0.39 is 0 Å². The second-order valence-electron chi connectivity index (χ2n) is 6.17. The SMILES string of the molecule is Cc1onc(-c2ccccc2)c1C(=O)N(C)CC(=O)Nc1ccc(Cl)c(Cl)c1. The highest BCUT2D eigenvalue weighted by atomic mass is 35.5. The van der Waals surface area contributed by atoms with Crippen LogP contribution in [-0.2, 0) is 4.79 Å². The number of hydrogen-bond acceptors (Lipinski definition) is 4. The van der Waals surface area contributed by atoms with Crippen molar-refractivity contribution in [3.63, 3.8) is 0 Å². The summed E-state index contributed by atoms with van der Waals surface area (Å²) in [6, 6.07) is 14.0. The summed E-state index contributed by atoms with van der Waals surface area (Å²) in [6.07, 6.45) is 0. The van der Waals surface area contributed by atoms with E-state index in [4.69, 9.17) is 27.7 Å². The first-order valence-electron chi connectivity index (χ1n) is 8.39. The number of carbonyl (C=O) groups excluding carboxylic acids is 2. The third-order valence-corrected chi connectivity index (χ3v) is 4.79. The summed E-state index contributed by atoms with van der Waals surface area (Å²) in [6.45, 7) is 1.51. The fourth-order valence-electron chi connectivity index (χ4n) is 2.67. The molecule has 0 spiro atoms. The Kier molecular flexibility index (Phi) is 6.02. The van der Waals surface area contributed by atoms with Gasteiger partial charge in [-0.15, -0.1) is 0 Å². The van der Waals surface area contributed by atoms with Crippen LogP contribution in [0.3, 0.4) is 0 Å². The maximum absolute atomic E-state index is 12.9. The van der Waals surface area contributed by atoms with Crippen molar-refractivity contribution >= 4 is 40.7 Å². The van der Waals surface area contributed by atoms with E-state index in [1.54, 1.807) is 25.1 Å². The molecule has 0 radical (unpaired) electrons. The van der Waals surface area contributed by atoms with Crippen molar-refractivity contribution in [3.8, 4) is 11.3 Å². The Balaban J connectivity index is 1.74. The Labute approximate surface area is 172 Å². The summed E-state index contributed by atoms with van der Waals surface area (Å²) in [5, 5.41) is 7.41. The molecule has 1 aromatic heterocycles. The maximum Gasteiger partial charge on any atom is 0.259 e. The van der Waals surface area contributed by atoms with E-state index in [1.807, 2.05) is 30.3 Å². The third-order valence-electron chi connectivity index (χ3n) is 4.05. The molecule has 0 saturated carbocycles. The fraction of sp³-hybridized carbons (Fsp3) is 0.150. The van der Waals surface area contributed by atoms with E-state index in [2.05, 4.69) is 10.5 Å². The molecule has 0 atom stereocenters. The largest absolute Gasteiger partial charge is 0.360 e. The summed E-state index contributed by atoms with van der Waals surface area (Å²) in [4.78, 5) is 26.5. The number of anilines is 1. The van der Waals surface area contributed by atoms with Crippen LogP contribution in [0, 0.1) is 6.92 Å². The molecule has 0 fully saturated rings. The zero-order valence-corrected chi connectivity index (χ0v) is 16.7. The number of halogens is 2. The molecular formula is C20H17Cl2N3O3. The number of amides is 2. The molecule has 1 N–H and O–H groups in total. The minimum absolute atomic E-state index is 0.155. The fourth-order valence-corrected chi connectivity index (χ4v) is 2.97. The summed E-state index contributed by atoms with van der Waals surface area (Å²) >= 11 is 11.8. The molecule has 2 aromatic carbocycles. The molecule has 28 heavy (non-hydrogen) atoms. The average molecular weight is 418 g/mol. The highest BCUT2D eigenvalue weighted by Crippen LogP contribution is 2.27. The number of nitrogens with one attached hydrogen (secondary N) is 1. The lowest BCUT2D eigenvalue weighted by Gasteiger charge is -2.17. The topological polar surface area (TPSA) is 75.4 Å². The van der Waals surface area contributed by atoms with Gasteiger partial charge < -0.3 is 14.7 Å². The van der Waals surface area contributed by atoms with Crippen molar-refractivity contribution in [1.82, 2.24) is 10.1 Å². The Bertz CT molecular complexity index is 1020. The standard InChI is InChI=1S/C20H17Cl2N3O3/c1-12-18(19(24-28-12)13-6-4-3-5-7-13)20(27)25(2)11-17(26)23-14-8-9-15(21)16(22)10-14/h3-10H,11H2,1-2H3,(H,23,26). The van der Waals surface area contributed by atoms with Crippen molar-refractivity contribution in [1.29, 1.82) is 0 Å². The number of benzene rings is 2. The van der Waals surface area contributed by atoms with Crippen molar-refractivity contribution < 1.29 is 14.1 Å². The molecule has 1 heterocycles. The molecule has 6 nitrogen and oxygen atoms in total. The minimum Gasteiger partial charge on any atom is -0.360 e. The van der Waals surface area contributed by atoms with Crippen LogP contribution in [-0.4, -0.2) is 35.5 Å². The van der Waals surface area contributed by atoms with Crippen LogP contribution >= 0.6 is 23.2 Å². The number of carbonyl (C=O) groups is 2. The smallest absolute Gasteiger partial charge is 0.259 e. The number of rotatable bonds is 5. The Hall–Kier alpha value is -2.83. The van der Waals surface area contributed by atoms with Gasteiger partial charge in [-0.3, -0.25) is 9.59 Å². The van der Waals surface area contributed by atoms with Crippen molar-refractivity contribution in [2.24, 2.45) is 0 Å². The zero-order valence-electron chi connectivity index (χ0n) is 15.2. The van der Waals surface area contributed by atoms with Crippen LogP contribution in [0.4, 0.5) is 5.69 Å². The molecule has 144 valence electrons. The van der Waals surface area contributed by atoms with Crippen LogP contribution in [0.2, 0.25) is 10.0 Å². The van der Waals surface area contributed by atoms with Crippen LogP contribution in [0.1, 0.15) is 16.1 Å². The molecule has 0 unspecified atom stereocenters. The second kappa shape index (κ2) is 8.46. The molecule has 0 aliphatic heterocycles. The predicted octanol–water partition coefficient (Wildman–Crippen LogP) is 4.67. The van der Waals surface area contributed by atoms with Crippen LogP contribution in [0.15, 0.2) is 53.1 Å². The van der Waals surface area contributed by atoms with Crippen LogP contribution in [0.25, 0.3) is 11.3 Å². The van der Waals surface area contributed by atoms with Gasteiger partial charge in [0.25, 0.3) is 5.91 Å². The number of nitrogens with zero attached hydrogens (tertiary/aromatic N) is 2. The first kappa shape index (κ1) is 19.9. The van der Waals surface area contributed by atoms with Gasteiger partial charge in [-0.1, -0.05) is 58.7 Å². The van der Waals surface area contributed by atoms with Crippen molar-refractivity contribution in [2.45, 2.75) is 6.92 Å². The number of hydrogen-bond donors (Lipinski definition) is 1. The molecule has 0 aliphatic carbocycles. The van der Waals surface area contributed by atoms with E-state index in [1.165, 1.54) is 11.9 Å². The third kappa shape index (κ3) is 4.35. The number of aromatic nitrogens is 1. The van der Waals surface area contributed by atoms with Gasteiger partial charge in [-0.05, 0) is 25.1 Å². The lowest BCUT2D eigenvalue weighted by atomic mass is 10.1. The monoisotopic (exact) mass is 417 g/mol. The van der Waals surface area contributed by atoms with Gasteiger partial charge in [-0.25, -0.2) is 0 Å². The highest BCUT2D eigenvalue weighted by Gasteiger charge is 2.25. The van der Waals surface area contributed by atoms with E-state index >= 15 is 0 Å². The van der Waals surface area contributed by atoms with Gasteiger partial charge in [0.05, 0.1) is 16.6 Å². The van der Waals surface area contributed by atoms with Crippen molar-refractivity contribution in [2.75, 3.05) is 18.9 Å². The van der Waals surface area contributed by atoms with Gasteiger partial charge >= 0.3 is 0 Å². The zero-order chi connectivity index (χ0) is 20.3. The van der Waals surface area contributed by atoms with Crippen molar-refractivity contribution in [3.05, 3.63) is 69.9 Å². The first-order valence-corrected chi connectivity index (χ1v) is 9.14. The maximum atomic E-state index is 12.9. The number of likely N-dealkylation sites (N-methyl/N-ethyl adjacent to an activating group) is 1. The van der Waals surface area contributed by atoms with Gasteiger partial charge in [0.15, 0.2) is 0 Å². The lowest BCUT2D eigenvalue weighted by molar-refractivity contribution is -0.116. The molecule has 0 saturated heterocycles. The predicted molar refractivity (Wildman–Crippen MR) is 109 cm³/mol. The molecular weight excluding hydrogens is 401 g/mol.